The highest BCUT2D eigenvalue weighted by Crippen LogP contribution is 2.77. The van der Waals surface area contributed by atoms with Gasteiger partial charge >= 0.3 is 11.9 Å². The Kier molecular flexibility index (Phi) is 13.4. The maximum atomic E-state index is 14.5. The molecule has 0 aliphatic heterocycles. The number of nitrogens with zero attached hydrogens (tertiary/aromatic N) is 1. The zero-order valence-electron chi connectivity index (χ0n) is 41.0. The fourth-order valence-electron chi connectivity index (χ4n) is 14.6. The molecule has 1 N–H and O–H groups in total. The third kappa shape index (κ3) is 8.80. The predicted molar refractivity (Wildman–Crippen MR) is 257 cm³/mol. The number of carbonyl (C=O) groups is 3. The standard InChI is InChI=1S/C55H77Cl2NO6/c1-34(2)46-40(59)29-55(43(60)33-58(31-35-13-17-37(56)18-14-35)32-36-15-19-38(57)20-16-36)28-27-53(11)39(47(46)55)21-22-42-52(10)25-24-44(51(8,9)41(52)23-26-54(42,53)12)63-45(61)30-50(6,7)48(62)64-49(3,4)5/h13-20,34,39,41-44,60H,21-33H2,1-12H3/t39-,41-,42-,43?,44+,52+,53-,54-,55?/m1/s1. The van der Waals surface area contributed by atoms with Crippen molar-refractivity contribution < 1.29 is 29.0 Å². The summed E-state index contributed by atoms with van der Waals surface area (Å²) in [6.45, 7) is 27.4. The van der Waals surface area contributed by atoms with Crippen molar-refractivity contribution in [3.05, 3.63) is 80.8 Å². The highest BCUT2D eigenvalue weighted by atomic mass is 35.5. The molecular formula is C55H77Cl2NO6. The lowest BCUT2D eigenvalue weighted by Gasteiger charge is -2.72. The van der Waals surface area contributed by atoms with E-state index in [2.05, 4.69) is 77.6 Å². The van der Waals surface area contributed by atoms with E-state index in [1.165, 1.54) is 5.57 Å². The summed E-state index contributed by atoms with van der Waals surface area (Å²) in [4.78, 5) is 43.5. The maximum absolute atomic E-state index is 14.5. The third-order valence-corrected chi connectivity index (χ3v) is 18.4. The first-order chi connectivity index (χ1) is 29.7. The zero-order valence-corrected chi connectivity index (χ0v) is 42.5. The van der Waals surface area contributed by atoms with Gasteiger partial charge in [-0.2, -0.15) is 0 Å². The smallest absolute Gasteiger partial charge is 0.312 e. The van der Waals surface area contributed by atoms with E-state index in [-0.39, 0.29) is 63.7 Å². The van der Waals surface area contributed by atoms with Gasteiger partial charge in [-0.1, -0.05) is 102 Å². The summed E-state index contributed by atoms with van der Waals surface area (Å²) >= 11 is 12.6. The molecule has 2 aromatic rings. The van der Waals surface area contributed by atoms with Crippen LogP contribution in [0.25, 0.3) is 0 Å². The average molecular weight is 919 g/mol. The molecule has 5 aliphatic carbocycles. The second kappa shape index (κ2) is 17.4. The van der Waals surface area contributed by atoms with Gasteiger partial charge in [0.05, 0.1) is 17.9 Å². The summed E-state index contributed by atoms with van der Waals surface area (Å²) in [6, 6.07) is 15.9. The Hall–Kier alpha value is -2.71. The zero-order chi connectivity index (χ0) is 47.0. The van der Waals surface area contributed by atoms with E-state index in [9.17, 15) is 19.5 Å². The lowest BCUT2D eigenvalue weighted by Crippen LogP contribution is -2.66. The van der Waals surface area contributed by atoms with Gasteiger partial charge in [-0.25, -0.2) is 0 Å². The van der Waals surface area contributed by atoms with Gasteiger partial charge < -0.3 is 14.6 Å². The molecule has 4 saturated carbocycles. The van der Waals surface area contributed by atoms with Crippen LogP contribution in [0.4, 0.5) is 0 Å². The number of esters is 2. The second-order valence-corrected chi connectivity index (χ2v) is 25.1. The van der Waals surface area contributed by atoms with Gasteiger partial charge in [0, 0.05) is 46.9 Å². The molecule has 7 nitrogen and oxygen atoms in total. The Balaban J connectivity index is 1.14. The third-order valence-electron chi connectivity index (χ3n) is 17.9. The van der Waals surface area contributed by atoms with Crippen molar-refractivity contribution in [3.63, 3.8) is 0 Å². The van der Waals surface area contributed by atoms with E-state index in [1.54, 1.807) is 13.8 Å². The Morgan fingerprint density at radius 3 is 1.91 bits per heavy atom. The summed E-state index contributed by atoms with van der Waals surface area (Å²) in [7, 11) is 0. The number of benzene rings is 2. The molecule has 0 saturated heterocycles. The van der Waals surface area contributed by atoms with Crippen LogP contribution in [-0.4, -0.2) is 52.1 Å². The van der Waals surface area contributed by atoms with Crippen molar-refractivity contribution in [2.45, 2.75) is 178 Å². The molecule has 0 aromatic heterocycles. The first-order valence-electron chi connectivity index (χ1n) is 24.3. The number of aliphatic hydroxyl groups is 1. The number of fused-ring (bicyclic) bond motifs is 7. The SMILES string of the molecule is CC(C)C1=C2[C@H]3CC[C@@H]4[C@@]5(C)CC[C@H](OC(=O)CC(C)(C)C(=O)OC(C)(C)C)C(C)(C)[C@H]5CC[C@@]4(C)[C@]3(C)CCC2(C(O)CN(Cc2ccc(Cl)cc2)Cc2ccc(Cl)cc2)CC1=O. The number of rotatable bonds is 12. The van der Waals surface area contributed by atoms with Gasteiger partial charge in [0.15, 0.2) is 5.78 Å². The van der Waals surface area contributed by atoms with Crippen molar-refractivity contribution in [1.82, 2.24) is 4.90 Å². The van der Waals surface area contributed by atoms with Crippen LogP contribution < -0.4 is 0 Å². The number of ketones is 1. The van der Waals surface area contributed by atoms with E-state index in [0.29, 0.717) is 47.9 Å². The van der Waals surface area contributed by atoms with Crippen LogP contribution in [0.5, 0.6) is 0 Å². The Labute approximate surface area is 394 Å². The van der Waals surface area contributed by atoms with Crippen LogP contribution >= 0.6 is 23.2 Å². The van der Waals surface area contributed by atoms with Crippen molar-refractivity contribution in [1.29, 1.82) is 0 Å². The molecule has 0 radical (unpaired) electrons. The minimum Gasteiger partial charge on any atom is -0.462 e. The van der Waals surface area contributed by atoms with Crippen molar-refractivity contribution in [2.24, 2.45) is 56.2 Å². The average Bonchev–Trinajstić information content (AvgIpc) is 3.50. The molecule has 2 aromatic carbocycles. The lowest BCUT2D eigenvalue weighted by molar-refractivity contribution is -0.235. The molecule has 9 heteroatoms. The Morgan fingerprint density at radius 1 is 0.781 bits per heavy atom. The number of carbonyl (C=O) groups excluding carboxylic acids is 3. The fourth-order valence-corrected chi connectivity index (χ4v) is 14.9. The van der Waals surface area contributed by atoms with Gasteiger partial charge in [-0.05, 0) is 167 Å². The van der Waals surface area contributed by atoms with Crippen LogP contribution in [0.3, 0.4) is 0 Å². The first kappa shape index (κ1) is 49.2. The lowest BCUT2D eigenvalue weighted by atomic mass is 9.33. The van der Waals surface area contributed by atoms with Gasteiger partial charge in [-0.3, -0.25) is 19.3 Å². The molecule has 7 rings (SSSR count). The number of ether oxygens (including phenoxy) is 2. The summed E-state index contributed by atoms with van der Waals surface area (Å²) in [5.74, 6) is 0.611. The molecule has 0 spiro atoms. The van der Waals surface area contributed by atoms with Crippen molar-refractivity contribution >= 4 is 40.9 Å². The maximum Gasteiger partial charge on any atom is 0.312 e. The topological polar surface area (TPSA) is 93.1 Å². The van der Waals surface area contributed by atoms with Gasteiger partial charge in [0.2, 0.25) is 0 Å². The van der Waals surface area contributed by atoms with E-state index >= 15 is 0 Å². The number of hydrogen-bond donors (Lipinski definition) is 1. The quantitative estimate of drug-likeness (QED) is 0.212. The Morgan fingerprint density at radius 2 is 1.36 bits per heavy atom. The summed E-state index contributed by atoms with van der Waals surface area (Å²) in [6.07, 6.45) is 7.13. The van der Waals surface area contributed by atoms with Crippen LogP contribution in [0, 0.1) is 56.2 Å². The molecule has 64 heavy (non-hydrogen) atoms. The van der Waals surface area contributed by atoms with Gasteiger partial charge in [-0.15, -0.1) is 0 Å². The number of halogens is 2. The molecule has 9 atom stereocenters. The van der Waals surface area contributed by atoms with Crippen LogP contribution in [-0.2, 0) is 36.9 Å². The first-order valence-corrected chi connectivity index (χ1v) is 25.0. The van der Waals surface area contributed by atoms with Crippen LogP contribution in [0.2, 0.25) is 10.0 Å². The summed E-state index contributed by atoms with van der Waals surface area (Å²) in [5.41, 5.74) is 2.03. The van der Waals surface area contributed by atoms with Crippen LogP contribution in [0.1, 0.15) is 158 Å². The van der Waals surface area contributed by atoms with Crippen molar-refractivity contribution in [3.8, 4) is 0 Å². The van der Waals surface area contributed by atoms with E-state index in [1.807, 2.05) is 45.0 Å². The van der Waals surface area contributed by atoms with Crippen LogP contribution in [0.15, 0.2) is 59.7 Å². The minimum atomic E-state index is -0.991. The number of aliphatic hydroxyl groups excluding tert-OH is 1. The fraction of sp³-hybridized carbons (Fsp3) is 0.691. The number of allylic oxidation sites excluding steroid dienone is 1. The number of hydrogen-bond acceptors (Lipinski definition) is 7. The minimum absolute atomic E-state index is 0.0191. The van der Waals surface area contributed by atoms with Gasteiger partial charge in [0.1, 0.15) is 11.7 Å². The molecule has 0 heterocycles. The summed E-state index contributed by atoms with van der Waals surface area (Å²) < 4.78 is 12.0. The predicted octanol–water partition coefficient (Wildman–Crippen LogP) is 13.0. The van der Waals surface area contributed by atoms with E-state index < -0.39 is 22.5 Å². The monoisotopic (exact) mass is 918 g/mol. The molecule has 352 valence electrons. The van der Waals surface area contributed by atoms with E-state index in [4.69, 9.17) is 32.7 Å². The Bertz CT molecular complexity index is 2070. The van der Waals surface area contributed by atoms with Gasteiger partial charge in [0.25, 0.3) is 0 Å². The van der Waals surface area contributed by atoms with E-state index in [0.717, 1.165) is 68.1 Å². The molecule has 2 unspecified atom stereocenters. The second-order valence-electron chi connectivity index (χ2n) is 24.2. The molecule has 4 fully saturated rings. The highest BCUT2D eigenvalue weighted by molar-refractivity contribution is 6.30. The normalized spacial score (nSPS) is 33.0. The molecular weight excluding hydrogens is 842 g/mol. The number of Topliss-reactive ketones (excluding diaryl/α,β-unsaturated/α-hetero) is 1. The summed E-state index contributed by atoms with van der Waals surface area (Å²) in [5, 5.41) is 14.3. The molecule has 5 aliphatic rings. The molecule has 0 amide bonds. The largest absolute Gasteiger partial charge is 0.462 e. The molecule has 0 bridgehead atoms. The van der Waals surface area contributed by atoms with Crippen molar-refractivity contribution in [2.75, 3.05) is 6.54 Å². The highest BCUT2D eigenvalue weighted by Gasteiger charge is 2.71.